The summed E-state index contributed by atoms with van der Waals surface area (Å²) in [6, 6.07) is -2.51. The van der Waals surface area contributed by atoms with Gasteiger partial charge >= 0.3 is 23.9 Å². The molecule has 0 fully saturated rings. The van der Waals surface area contributed by atoms with Gasteiger partial charge in [0.05, 0.1) is 13.5 Å². The molecule has 0 rings (SSSR count). The highest BCUT2D eigenvalue weighted by Crippen LogP contribution is 2.22. The number of esters is 1. The normalized spacial score (nSPS) is 13.9. The maximum absolute atomic E-state index is 11.8. The molecule has 0 aromatic carbocycles. The molecule has 0 aromatic heterocycles. The Balaban J connectivity index is 4.67. The monoisotopic (exact) mass is 408 g/mol. The van der Waals surface area contributed by atoms with Gasteiger partial charge in [0.2, 0.25) is 5.91 Å². The van der Waals surface area contributed by atoms with Gasteiger partial charge in [0, 0.05) is 23.8 Å². The number of ether oxygens (including phenoxy) is 1. The minimum absolute atomic E-state index is 0.0950. The van der Waals surface area contributed by atoms with Gasteiger partial charge in [0.1, 0.15) is 12.1 Å². The van der Waals surface area contributed by atoms with Crippen LogP contribution in [0.3, 0.4) is 0 Å². The maximum atomic E-state index is 11.8. The summed E-state index contributed by atoms with van der Waals surface area (Å²) in [5.74, 6) is -4.96. The molecule has 1 amide bonds. The molecular weight excluding hydrogens is 384 g/mol. The van der Waals surface area contributed by atoms with Crippen LogP contribution in [0.25, 0.3) is 0 Å². The molecule has 0 saturated heterocycles. The molecule has 154 valence electrons. The number of carboxylic acid groups (broad SMARTS) is 3. The molecule has 0 aromatic rings. The maximum Gasteiger partial charge on any atom is 0.327 e. The smallest absolute Gasteiger partial charge is 0.327 e. The van der Waals surface area contributed by atoms with Gasteiger partial charge in [-0.15, -0.1) is 0 Å². The lowest BCUT2D eigenvalue weighted by Crippen LogP contribution is -2.43. The number of thioether (sulfide) groups is 1. The molecule has 6 N–H and O–H groups in total. The molecule has 11 nitrogen and oxygen atoms in total. The van der Waals surface area contributed by atoms with Crippen molar-refractivity contribution in [3.63, 3.8) is 0 Å². The number of hydrogen-bond donors (Lipinski definition) is 5. The average molecular weight is 408 g/mol. The summed E-state index contributed by atoms with van der Waals surface area (Å²) in [7, 11) is 1.18. The van der Waals surface area contributed by atoms with E-state index in [2.05, 4.69) is 10.1 Å². The predicted molar refractivity (Wildman–Crippen MR) is 94.2 cm³/mol. The first-order chi connectivity index (χ1) is 12.6. The standard InChI is InChI=1S/C15H24N2O9S/c1-26-13(21)6-8(2-5-12(19)20)27-7-10(15(24)25)17-11(18)4-3-9(16)14(22)23/h8-10H,2-7,16H2,1H3,(H,17,18)(H,19,20)(H,22,23)(H,24,25). The second kappa shape index (κ2) is 12.9. The molecule has 0 aliphatic rings. The fourth-order valence-corrected chi connectivity index (χ4v) is 3.11. The number of carbonyl (C=O) groups is 5. The summed E-state index contributed by atoms with van der Waals surface area (Å²) < 4.78 is 4.53. The van der Waals surface area contributed by atoms with Crippen molar-refractivity contribution in [1.29, 1.82) is 0 Å². The number of nitrogens with one attached hydrogen (secondary N) is 1. The molecule has 0 bridgehead atoms. The highest BCUT2D eigenvalue weighted by atomic mass is 32.2. The van der Waals surface area contributed by atoms with E-state index < -0.39 is 47.1 Å². The number of methoxy groups -OCH3 is 1. The predicted octanol–water partition coefficient (Wildman–Crippen LogP) is -0.722. The van der Waals surface area contributed by atoms with Crippen molar-refractivity contribution in [2.24, 2.45) is 5.73 Å². The van der Waals surface area contributed by atoms with Crippen LogP contribution >= 0.6 is 11.8 Å². The Morgan fingerprint density at radius 3 is 2.15 bits per heavy atom. The van der Waals surface area contributed by atoms with Crippen molar-refractivity contribution >= 4 is 41.5 Å². The molecule has 27 heavy (non-hydrogen) atoms. The minimum atomic E-state index is -1.31. The molecule has 0 heterocycles. The number of carboxylic acids is 3. The number of aliphatic carboxylic acids is 3. The van der Waals surface area contributed by atoms with Crippen molar-refractivity contribution < 1.29 is 44.0 Å². The zero-order valence-corrected chi connectivity index (χ0v) is 15.6. The summed E-state index contributed by atoms with van der Waals surface area (Å²) in [6.45, 7) is 0. The lowest BCUT2D eigenvalue weighted by molar-refractivity contribution is -0.142. The highest BCUT2D eigenvalue weighted by molar-refractivity contribution is 8.00. The first-order valence-corrected chi connectivity index (χ1v) is 9.02. The second-order valence-electron chi connectivity index (χ2n) is 5.61. The van der Waals surface area contributed by atoms with Gasteiger partial charge in [-0.2, -0.15) is 11.8 Å². The van der Waals surface area contributed by atoms with E-state index in [0.29, 0.717) is 0 Å². The van der Waals surface area contributed by atoms with Crippen LogP contribution in [0.5, 0.6) is 0 Å². The number of carbonyl (C=O) groups excluding carboxylic acids is 2. The molecule has 0 radical (unpaired) electrons. The van der Waals surface area contributed by atoms with Gasteiger partial charge in [-0.1, -0.05) is 0 Å². The summed E-state index contributed by atoms with van der Waals surface area (Å²) in [5, 5.41) is 28.4. The van der Waals surface area contributed by atoms with Gasteiger partial charge in [-0.3, -0.25) is 19.2 Å². The Kier molecular flexibility index (Phi) is 11.8. The highest BCUT2D eigenvalue weighted by Gasteiger charge is 2.24. The van der Waals surface area contributed by atoms with E-state index in [1.165, 1.54) is 7.11 Å². The van der Waals surface area contributed by atoms with E-state index in [1.807, 2.05) is 0 Å². The molecule has 3 atom stereocenters. The van der Waals surface area contributed by atoms with E-state index in [9.17, 15) is 29.1 Å². The van der Waals surface area contributed by atoms with Crippen molar-refractivity contribution in [2.45, 2.75) is 49.4 Å². The third kappa shape index (κ3) is 11.8. The van der Waals surface area contributed by atoms with E-state index in [4.69, 9.17) is 15.9 Å². The molecule has 0 saturated carbocycles. The Labute approximate surface area is 159 Å². The van der Waals surface area contributed by atoms with E-state index in [1.54, 1.807) is 0 Å². The van der Waals surface area contributed by atoms with Crippen LogP contribution in [0.2, 0.25) is 0 Å². The van der Waals surface area contributed by atoms with Crippen molar-refractivity contribution in [3.05, 3.63) is 0 Å². The molecule has 0 aliphatic heterocycles. The molecule has 12 heteroatoms. The number of nitrogens with two attached hydrogens (primary N) is 1. The van der Waals surface area contributed by atoms with Gasteiger partial charge < -0.3 is 31.1 Å². The Bertz CT molecular complexity index is 555. The van der Waals surface area contributed by atoms with Gasteiger partial charge in [-0.05, 0) is 12.8 Å². The van der Waals surface area contributed by atoms with Crippen LogP contribution in [-0.2, 0) is 28.7 Å². The second-order valence-corrected chi connectivity index (χ2v) is 6.94. The van der Waals surface area contributed by atoms with Crippen LogP contribution in [0.1, 0.15) is 32.1 Å². The van der Waals surface area contributed by atoms with Crippen LogP contribution in [-0.4, -0.2) is 75.3 Å². The average Bonchev–Trinajstić information content (AvgIpc) is 2.59. The summed E-state index contributed by atoms with van der Waals surface area (Å²) in [4.78, 5) is 55.8. The van der Waals surface area contributed by atoms with Crippen molar-refractivity contribution in [3.8, 4) is 0 Å². The third-order valence-corrected chi connectivity index (χ3v) is 4.83. The lowest BCUT2D eigenvalue weighted by atomic mass is 10.1. The fourth-order valence-electron chi connectivity index (χ4n) is 1.88. The zero-order chi connectivity index (χ0) is 21.0. The van der Waals surface area contributed by atoms with Gasteiger partial charge in [0.15, 0.2) is 0 Å². The topological polar surface area (TPSA) is 193 Å². The summed E-state index contributed by atoms with van der Waals surface area (Å²) in [5.41, 5.74) is 5.28. The first-order valence-electron chi connectivity index (χ1n) is 7.97. The minimum Gasteiger partial charge on any atom is -0.481 e. The van der Waals surface area contributed by atoms with Crippen LogP contribution in [0.15, 0.2) is 0 Å². The van der Waals surface area contributed by atoms with Gasteiger partial charge in [-0.25, -0.2) is 4.79 Å². The Morgan fingerprint density at radius 1 is 1.04 bits per heavy atom. The molecule has 0 aliphatic carbocycles. The lowest BCUT2D eigenvalue weighted by Gasteiger charge is -2.19. The summed E-state index contributed by atoms with van der Waals surface area (Å²) >= 11 is 1.04. The number of amides is 1. The van der Waals surface area contributed by atoms with Crippen LogP contribution < -0.4 is 11.1 Å². The molecule has 0 spiro atoms. The zero-order valence-electron chi connectivity index (χ0n) is 14.8. The van der Waals surface area contributed by atoms with Crippen molar-refractivity contribution in [1.82, 2.24) is 5.32 Å². The van der Waals surface area contributed by atoms with Crippen LogP contribution in [0.4, 0.5) is 0 Å². The first kappa shape index (κ1) is 24.7. The van der Waals surface area contributed by atoms with E-state index in [-0.39, 0.29) is 37.9 Å². The number of hydrogen-bond acceptors (Lipinski definition) is 8. The van der Waals surface area contributed by atoms with Crippen LogP contribution in [0, 0.1) is 0 Å². The summed E-state index contributed by atoms with van der Waals surface area (Å²) in [6.07, 6.45) is -0.576. The fraction of sp³-hybridized carbons (Fsp3) is 0.667. The SMILES string of the molecule is COC(=O)CC(CCC(=O)O)SCC(NC(=O)CCC(N)C(=O)O)C(=O)O. The molecular formula is C15H24N2O9S. The van der Waals surface area contributed by atoms with E-state index >= 15 is 0 Å². The Morgan fingerprint density at radius 2 is 1.67 bits per heavy atom. The largest absolute Gasteiger partial charge is 0.481 e. The molecule has 3 unspecified atom stereocenters. The van der Waals surface area contributed by atoms with Gasteiger partial charge in [0.25, 0.3) is 0 Å². The Hall–Kier alpha value is -2.34. The van der Waals surface area contributed by atoms with Crippen molar-refractivity contribution in [2.75, 3.05) is 12.9 Å². The van der Waals surface area contributed by atoms with E-state index in [0.717, 1.165) is 11.8 Å². The number of rotatable bonds is 14. The quantitative estimate of drug-likeness (QED) is 0.228. The third-order valence-electron chi connectivity index (χ3n) is 3.43.